The summed E-state index contributed by atoms with van der Waals surface area (Å²) in [5, 5.41) is 19.9. The van der Waals surface area contributed by atoms with Gasteiger partial charge in [-0.25, -0.2) is 0 Å². The topological polar surface area (TPSA) is 93.1 Å². The van der Waals surface area contributed by atoms with Crippen LogP contribution in [0.2, 0.25) is 0 Å². The lowest BCUT2D eigenvalue weighted by Gasteiger charge is -2.37. The lowest BCUT2D eigenvalue weighted by atomic mass is 9.77. The van der Waals surface area contributed by atoms with Crippen LogP contribution >= 0.6 is 0 Å². The molecule has 1 aromatic heterocycles. The van der Waals surface area contributed by atoms with Gasteiger partial charge in [-0.2, -0.15) is 5.26 Å². The molecule has 3 aliphatic rings. The van der Waals surface area contributed by atoms with Crippen molar-refractivity contribution in [2.24, 2.45) is 0 Å². The van der Waals surface area contributed by atoms with E-state index in [1.165, 1.54) is 0 Å². The van der Waals surface area contributed by atoms with Gasteiger partial charge in [-0.05, 0) is 29.8 Å². The van der Waals surface area contributed by atoms with Crippen molar-refractivity contribution in [3.63, 3.8) is 0 Å². The number of aromatic nitrogens is 1. The molecule has 1 fully saturated rings. The van der Waals surface area contributed by atoms with Gasteiger partial charge < -0.3 is 15.5 Å². The van der Waals surface area contributed by atoms with Gasteiger partial charge in [-0.1, -0.05) is 54.6 Å². The third kappa shape index (κ3) is 2.93. The first-order valence-corrected chi connectivity index (χ1v) is 11.2. The summed E-state index contributed by atoms with van der Waals surface area (Å²) in [6.07, 6.45) is 7.52. The number of hydrogen-bond acceptors (Lipinski definition) is 6. The number of fused-ring (bicyclic) bond motifs is 1. The minimum absolute atomic E-state index is 0.0431. The van der Waals surface area contributed by atoms with Gasteiger partial charge in [0.25, 0.3) is 5.91 Å². The van der Waals surface area contributed by atoms with Crippen LogP contribution in [0.1, 0.15) is 17.2 Å². The molecule has 1 amide bonds. The largest absolute Gasteiger partial charge is 0.356 e. The minimum atomic E-state index is -0.738. The van der Waals surface area contributed by atoms with E-state index in [0.717, 1.165) is 28.2 Å². The second kappa shape index (κ2) is 7.87. The molecule has 2 unspecified atom stereocenters. The predicted octanol–water partition coefficient (Wildman–Crippen LogP) is 3.34. The van der Waals surface area contributed by atoms with Crippen molar-refractivity contribution in [2.75, 3.05) is 16.9 Å². The third-order valence-corrected chi connectivity index (χ3v) is 6.80. The average Bonchev–Trinajstić information content (AvgIpc) is 3.45. The number of carbonyl (C=O) groups excluding carboxylic acids is 1. The van der Waals surface area contributed by atoms with Gasteiger partial charge in [0.2, 0.25) is 0 Å². The molecule has 166 valence electrons. The highest BCUT2D eigenvalue weighted by molar-refractivity contribution is 6.00. The van der Waals surface area contributed by atoms with E-state index in [4.69, 9.17) is 0 Å². The molecule has 3 aromatic rings. The fourth-order valence-corrected chi connectivity index (χ4v) is 5.26. The highest BCUT2D eigenvalue weighted by Gasteiger charge is 2.57. The van der Waals surface area contributed by atoms with E-state index in [9.17, 15) is 10.1 Å². The Morgan fingerprint density at radius 3 is 2.68 bits per heavy atom. The number of carbonyl (C=O) groups is 1. The fourth-order valence-electron chi connectivity index (χ4n) is 5.26. The monoisotopic (exact) mass is 446 g/mol. The molecular formula is C27H22N6O. The first kappa shape index (κ1) is 20.2. The Bertz CT molecular complexity index is 1360. The number of rotatable bonds is 4. The first-order valence-electron chi connectivity index (χ1n) is 11.2. The summed E-state index contributed by atoms with van der Waals surface area (Å²) < 4.78 is 0. The Morgan fingerprint density at radius 2 is 1.88 bits per heavy atom. The van der Waals surface area contributed by atoms with Gasteiger partial charge in [0.05, 0.1) is 30.0 Å². The van der Waals surface area contributed by atoms with Gasteiger partial charge in [0, 0.05) is 29.3 Å². The van der Waals surface area contributed by atoms with E-state index in [1.807, 2.05) is 66.7 Å². The quantitative estimate of drug-likeness (QED) is 0.569. The zero-order chi connectivity index (χ0) is 23.1. The van der Waals surface area contributed by atoms with Crippen molar-refractivity contribution < 1.29 is 4.79 Å². The Labute approximate surface area is 197 Å². The highest BCUT2D eigenvalue weighted by atomic mass is 16.1. The average molecular weight is 447 g/mol. The summed E-state index contributed by atoms with van der Waals surface area (Å²) in [7, 11) is 0. The van der Waals surface area contributed by atoms with Crippen LogP contribution in [-0.2, 0) is 10.3 Å². The Hall–Kier alpha value is -4.41. The molecule has 1 saturated heterocycles. The van der Waals surface area contributed by atoms with Crippen LogP contribution in [0.25, 0.3) is 0 Å². The van der Waals surface area contributed by atoms with Crippen LogP contribution in [0.3, 0.4) is 0 Å². The van der Waals surface area contributed by atoms with Crippen LogP contribution in [-0.4, -0.2) is 23.6 Å². The molecular weight excluding hydrogens is 424 g/mol. The number of para-hydroxylation sites is 1. The number of pyridine rings is 1. The molecule has 34 heavy (non-hydrogen) atoms. The second-order valence-electron chi connectivity index (χ2n) is 8.53. The molecule has 1 spiro atoms. The summed E-state index contributed by atoms with van der Waals surface area (Å²) in [5.41, 5.74) is 4.60. The van der Waals surface area contributed by atoms with E-state index in [-0.39, 0.29) is 11.9 Å². The molecule has 3 atom stereocenters. The summed E-state index contributed by atoms with van der Waals surface area (Å²) in [6.45, 7) is 0.609. The zero-order valence-electron chi connectivity index (χ0n) is 18.3. The van der Waals surface area contributed by atoms with Gasteiger partial charge >= 0.3 is 0 Å². The van der Waals surface area contributed by atoms with Gasteiger partial charge in [-0.15, -0.1) is 0 Å². The summed E-state index contributed by atoms with van der Waals surface area (Å²) >= 11 is 0. The Balaban J connectivity index is 1.41. The number of hydrogen-bond donors (Lipinski definition) is 3. The molecule has 7 nitrogen and oxygen atoms in total. The maximum atomic E-state index is 13.5. The molecule has 3 heterocycles. The summed E-state index contributed by atoms with van der Waals surface area (Å²) in [5.74, 6) is -0.288. The predicted molar refractivity (Wildman–Crippen MR) is 129 cm³/mol. The SMILES string of the molecule is N#CC(NC(=O)C1=C2Nc3ccccc3C23NCN(c2ccncc2)[C@H]3C=C1)c1ccccc1. The molecule has 7 heteroatoms. The molecule has 6 rings (SSSR count). The van der Waals surface area contributed by atoms with Gasteiger partial charge in [0.15, 0.2) is 0 Å². The van der Waals surface area contributed by atoms with E-state index >= 15 is 0 Å². The van der Waals surface area contributed by atoms with Crippen LogP contribution < -0.4 is 20.9 Å². The molecule has 0 radical (unpaired) electrons. The van der Waals surface area contributed by atoms with Crippen LogP contribution in [0.4, 0.5) is 11.4 Å². The van der Waals surface area contributed by atoms with E-state index in [1.54, 1.807) is 12.4 Å². The lowest BCUT2D eigenvalue weighted by molar-refractivity contribution is -0.117. The van der Waals surface area contributed by atoms with Crippen LogP contribution in [0.15, 0.2) is 103 Å². The molecule has 3 N–H and O–H groups in total. The van der Waals surface area contributed by atoms with Crippen molar-refractivity contribution in [1.29, 1.82) is 5.26 Å². The smallest absolute Gasteiger partial charge is 0.254 e. The number of amides is 1. The summed E-state index contributed by atoms with van der Waals surface area (Å²) in [6, 6.07) is 22.8. The van der Waals surface area contributed by atoms with Gasteiger partial charge in [0.1, 0.15) is 11.6 Å². The Morgan fingerprint density at radius 1 is 1.12 bits per heavy atom. The Kier molecular flexibility index (Phi) is 4.68. The maximum Gasteiger partial charge on any atom is 0.254 e. The molecule has 1 aliphatic carbocycles. The standard InChI is InChI=1S/C27H22N6O/c28-16-23(18-6-2-1-3-7-18)32-26(34)20-10-11-24-27(21-8-4-5-9-22(21)31-25(20)27)30-17-33(24)19-12-14-29-15-13-19/h1-15,23-24,30-31H,17H2,(H,32,34)/t23?,24-,27?/m0/s1. The summed E-state index contributed by atoms with van der Waals surface area (Å²) in [4.78, 5) is 19.9. The van der Waals surface area contributed by atoms with Gasteiger partial charge in [-0.3, -0.25) is 15.1 Å². The van der Waals surface area contributed by atoms with Crippen molar-refractivity contribution in [3.8, 4) is 6.07 Å². The number of nitrogens with zero attached hydrogens (tertiary/aromatic N) is 3. The van der Waals surface area contributed by atoms with Crippen molar-refractivity contribution in [3.05, 3.63) is 114 Å². The van der Waals surface area contributed by atoms with E-state index < -0.39 is 11.6 Å². The molecule has 2 aromatic carbocycles. The molecule has 0 saturated carbocycles. The number of anilines is 2. The van der Waals surface area contributed by atoms with Crippen molar-refractivity contribution in [2.45, 2.75) is 17.6 Å². The van der Waals surface area contributed by atoms with Crippen molar-refractivity contribution >= 4 is 17.3 Å². The van der Waals surface area contributed by atoms with Crippen LogP contribution in [0.5, 0.6) is 0 Å². The van der Waals surface area contributed by atoms with Crippen LogP contribution in [0, 0.1) is 11.3 Å². The molecule has 2 aliphatic heterocycles. The third-order valence-electron chi connectivity index (χ3n) is 6.80. The van der Waals surface area contributed by atoms with E-state index in [0.29, 0.717) is 12.2 Å². The number of nitrogens with one attached hydrogen (secondary N) is 3. The zero-order valence-corrected chi connectivity index (χ0v) is 18.3. The lowest BCUT2D eigenvalue weighted by Crippen LogP contribution is -2.49. The highest BCUT2D eigenvalue weighted by Crippen LogP contribution is 2.51. The second-order valence-corrected chi connectivity index (χ2v) is 8.53. The number of nitriles is 1. The maximum absolute atomic E-state index is 13.5. The molecule has 0 bridgehead atoms. The normalized spacial score (nSPS) is 22.8. The number of benzene rings is 2. The van der Waals surface area contributed by atoms with E-state index in [2.05, 4.69) is 44.0 Å². The minimum Gasteiger partial charge on any atom is -0.356 e. The first-order chi connectivity index (χ1) is 16.7. The van der Waals surface area contributed by atoms with Crippen molar-refractivity contribution in [1.82, 2.24) is 15.6 Å². The fraction of sp³-hybridized carbons (Fsp3) is 0.148.